The molecule has 0 aromatic heterocycles. The predicted molar refractivity (Wildman–Crippen MR) is 29.4 cm³/mol. The lowest BCUT2D eigenvalue weighted by atomic mass is 10.2. The molecular weight excluding hydrogens is 124 g/mol. The smallest absolute Gasteiger partial charge is 0.122 e. The van der Waals surface area contributed by atoms with Crippen LogP contribution in [0.25, 0.3) is 0 Å². The minimum absolute atomic E-state index is 0.570. The van der Waals surface area contributed by atoms with Gasteiger partial charge < -0.3 is 15.3 Å². The van der Waals surface area contributed by atoms with E-state index in [4.69, 9.17) is 15.3 Å². The zero-order valence-electron chi connectivity index (χ0n) is 4.69. The molecular formula is C5H8O4. The molecule has 0 fully saturated rings. The normalized spacial score (nSPS) is 15.9. The molecule has 0 aromatic carbocycles. The minimum atomic E-state index is -1.31. The SMILES string of the molecule is O=C=CC(O)C(O)CO. The maximum atomic E-state index is 9.50. The maximum absolute atomic E-state index is 9.50. The van der Waals surface area contributed by atoms with Crippen LogP contribution >= 0.6 is 0 Å². The molecule has 0 bridgehead atoms. The standard InChI is InChI=1S/C5H8O4/c6-2-1-4(8)5(9)3-7/h1,4-5,7-9H,3H2. The van der Waals surface area contributed by atoms with E-state index in [1.54, 1.807) is 0 Å². The topological polar surface area (TPSA) is 77.8 Å². The summed E-state index contributed by atoms with van der Waals surface area (Å²) >= 11 is 0. The van der Waals surface area contributed by atoms with Gasteiger partial charge in [-0.3, -0.25) is 0 Å². The van der Waals surface area contributed by atoms with E-state index < -0.39 is 18.8 Å². The summed E-state index contributed by atoms with van der Waals surface area (Å²) < 4.78 is 0. The van der Waals surface area contributed by atoms with Crippen molar-refractivity contribution < 1.29 is 20.1 Å². The van der Waals surface area contributed by atoms with Crippen molar-refractivity contribution >= 4 is 5.94 Å². The average Bonchev–Trinajstić information content (AvgIpc) is 1.87. The number of rotatable bonds is 3. The molecule has 52 valence electrons. The largest absolute Gasteiger partial charge is 0.394 e. The van der Waals surface area contributed by atoms with Gasteiger partial charge in [0.25, 0.3) is 0 Å². The Morgan fingerprint density at radius 1 is 1.56 bits per heavy atom. The molecule has 0 saturated heterocycles. The van der Waals surface area contributed by atoms with Gasteiger partial charge >= 0.3 is 0 Å². The van der Waals surface area contributed by atoms with Gasteiger partial charge in [-0.2, -0.15) is 0 Å². The Morgan fingerprint density at radius 2 is 2.11 bits per heavy atom. The molecule has 0 saturated carbocycles. The van der Waals surface area contributed by atoms with Crippen LogP contribution < -0.4 is 0 Å². The quantitative estimate of drug-likeness (QED) is 0.391. The minimum Gasteiger partial charge on any atom is -0.394 e. The number of aliphatic hydroxyl groups excluding tert-OH is 3. The highest BCUT2D eigenvalue weighted by atomic mass is 16.4. The molecule has 4 heteroatoms. The number of hydrogen-bond donors (Lipinski definition) is 3. The van der Waals surface area contributed by atoms with E-state index in [-0.39, 0.29) is 0 Å². The van der Waals surface area contributed by atoms with Crippen molar-refractivity contribution in [2.75, 3.05) is 6.61 Å². The van der Waals surface area contributed by atoms with E-state index in [9.17, 15) is 4.79 Å². The number of carbonyl (C=O) groups excluding carboxylic acids is 1. The third kappa shape index (κ3) is 3.00. The van der Waals surface area contributed by atoms with Gasteiger partial charge in [-0.15, -0.1) is 0 Å². The van der Waals surface area contributed by atoms with Gasteiger partial charge in [0.1, 0.15) is 18.1 Å². The lowest BCUT2D eigenvalue weighted by Crippen LogP contribution is -2.27. The molecule has 2 unspecified atom stereocenters. The monoisotopic (exact) mass is 132 g/mol. The van der Waals surface area contributed by atoms with Crippen LogP contribution in [0.2, 0.25) is 0 Å². The fourth-order valence-electron chi connectivity index (χ4n) is 0.289. The molecule has 2 atom stereocenters. The zero-order chi connectivity index (χ0) is 7.28. The Kier molecular flexibility index (Phi) is 3.92. The first-order chi connectivity index (χ1) is 4.22. The molecule has 0 aromatic rings. The van der Waals surface area contributed by atoms with Crippen LogP contribution in [-0.2, 0) is 4.79 Å². The Hall–Kier alpha value is -0.670. The van der Waals surface area contributed by atoms with Gasteiger partial charge in [0.2, 0.25) is 0 Å². The van der Waals surface area contributed by atoms with Crippen LogP contribution in [-0.4, -0.2) is 40.1 Å². The van der Waals surface area contributed by atoms with Crippen molar-refractivity contribution in [2.45, 2.75) is 12.2 Å². The molecule has 0 aliphatic heterocycles. The van der Waals surface area contributed by atoms with Crippen LogP contribution in [0, 0.1) is 0 Å². The number of aliphatic hydroxyl groups is 3. The lowest BCUT2D eigenvalue weighted by Gasteiger charge is -2.08. The summed E-state index contributed by atoms with van der Waals surface area (Å²) in [5.41, 5.74) is 0. The molecule has 0 aliphatic carbocycles. The van der Waals surface area contributed by atoms with Crippen LogP contribution in [0.5, 0.6) is 0 Å². The molecule has 0 spiro atoms. The average molecular weight is 132 g/mol. The second kappa shape index (κ2) is 4.23. The molecule has 0 heterocycles. The highest BCUT2D eigenvalue weighted by Gasteiger charge is 2.10. The van der Waals surface area contributed by atoms with Gasteiger partial charge in [0.15, 0.2) is 0 Å². The van der Waals surface area contributed by atoms with Crippen molar-refractivity contribution in [2.24, 2.45) is 0 Å². The van der Waals surface area contributed by atoms with E-state index in [0.29, 0.717) is 0 Å². The molecule has 0 radical (unpaired) electrons. The van der Waals surface area contributed by atoms with Crippen molar-refractivity contribution in [1.82, 2.24) is 0 Å². The van der Waals surface area contributed by atoms with E-state index >= 15 is 0 Å². The first kappa shape index (κ1) is 8.33. The summed E-state index contributed by atoms with van der Waals surface area (Å²) in [6, 6.07) is 0. The summed E-state index contributed by atoms with van der Waals surface area (Å²) in [5.74, 6) is 1.29. The molecule has 9 heavy (non-hydrogen) atoms. The summed E-state index contributed by atoms with van der Waals surface area (Å²) in [6.07, 6.45) is -1.86. The van der Waals surface area contributed by atoms with E-state index in [1.807, 2.05) is 0 Å². The molecule has 3 N–H and O–H groups in total. The summed E-state index contributed by atoms with van der Waals surface area (Å²) in [4.78, 5) is 9.50. The van der Waals surface area contributed by atoms with Crippen molar-refractivity contribution in [1.29, 1.82) is 0 Å². The first-order valence-corrected chi connectivity index (χ1v) is 2.40. The Balaban J connectivity index is 3.71. The van der Waals surface area contributed by atoms with Gasteiger partial charge in [0, 0.05) is 6.08 Å². The van der Waals surface area contributed by atoms with Crippen LogP contribution in [0.1, 0.15) is 0 Å². The molecule has 0 aliphatic rings. The fraction of sp³-hybridized carbons (Fsp3) is 0.600. The zero-order valence-corrected chi connectivity index (χ0v) is 4.69. The van der Waals surface area contributed by atoms with Crippen LogP contribution in [0.15, 0.2) is 6.08 Å². The second-order valence-electron chi connectivity index (χ2n) is 1.53. The predicted octanol–water partition coefficient (Wildman–Crippen LogP) is -1.91. The highest BCUT2D eigenvalue weighted by Crippen LogP contribution is 1.90. The van der Waals surface area contributed by atoms with Crippen molar-refractivity contribution in [3.8, 4) is 0 Å². The lowest BCUT2D eigenvalue weighted by molar-refractivity contribution is 0.00993. The highest BCUT2D eigenvalue weighted by molar-refractivity contribution is 5.46. The fourth-order valence-corrected chi connectivity index (χ4v) is 0.289. The molecule has 4 nitrogen and oxygen atoms in total. The van der Waals surface area contributed by atoms with E-state index in [1.165, 1.54) is 5.94 Å². The van der Waals surface area contributed by atoms with Crippen LogP contribution in [0.4, 0.5) is 0 Å². The van der Waals surface area contributed by atoms with Gasteiger partial charge in [0.05, 0.1) is 6.61 Å². The Labute approximate surface area is 52.1 Å². The Morgan fingerprint density at radius 3 is 2.44 bits per heavy atom. The molecule has 0 amide bonds. The summed E-state index contributed by atoms with van der Waals surface area (Å²) in [5, 5.41) is 25.3. The third-order valence-corrected chi connectivity index (χ3v) is 0.820. The number of hydrogen-bond acceptors (Lipinski definition) is 4. The van der Waals surface area contributed by atoms with E-state index in [2.05, 4.69) is 0 Å². The van der Waals surface area contributed by atoms with Crippen LogP contribution in [0.3, 0.4) is 0 Å². The van der Waals surface area contributed by atoms with Crippen molar-refractivity contribution in [3.63, 3.8) is 0 Å². The summed E-state index contributed by atoms with van der Waals surface area (Å²) in [7, 11) is 0. The molecule has 0 rings (SSSR count). The maximum Gasteiger partial charge on any atom is 0.122 e. The van der Waals surface area contributed by atoms with Crippen molar-refractivity contribution in [3.05, 3.63) is 6.08 Å². The van der Waals surface area contributed by atoms with E-state index in [0.717, 1.165) is 6.08 Å². The Bertz CT molecular complexity index is 116. The van der Waals surface area contributed by atoms with Gasteiger partial charge in [-0.05, 0) is 0 Å². The first-order valence-electron chi connectivity index (χ1n) is 2.40. The summed E-state index contributed by atoms with van der Waals surface area (Å²) in [6.45, 7) is -0.570. The van der Waals surface area contributed by atoms with Gasteiger partial charge in [-0.25, -0.2) is 4.79 Å². The van der Waals surface area contributed by atoms with Gasteiger partial charge in [-0.1, -0.05) is 0 Å². The third-order valence-electron chi connectivity index (χ3n) is 0.820. The second-order valence-corrected chi connectivity index (χ2v) is 1.53.